The number of nitrogens with zero attached hydrogens (tertiary/aromatic N) is 5. The minimum atomic E-state index is -0.0956. The van der Waals surface area contributed by atoms with Crippen LogP contribution in [0.5, 0.6) is 11.6 Å². The second-order valence-electron chi connectivity index (χ2n) is 8.05. The lowest BCUT2D eigenvalue weighted by atomic mass is 9.81. The van der Waals surface area contributed by atoms with E-state index in [9.17, 15) is 0 Å². The van der Waals surface area contributed by atoms with Crippen molar-refractivity contribution in [2.45, 2.75) is 5.92 Å². The van der Waals surface area contributed by atoms with Crippen molar-refractivity contribution < 1.29 is 4.74 Å². The molecule has 0 unspecified atom stereocenters. The Bertz CT molecular complexity index is 1640. The molecule has 0 spiro atoms. The van der Waals surface area contributed by atoms with E-state index >= 15 is 0 Å². The van der Waals surface area contributed by atoms with Crippen molar-refractivity contribution in [2.75, 3.05) is 0 Å². The zero-order chi connectivity index (χ0) is 21.8. The molecule has 0 aliphatic carbocycles. The topological polar surface area (TPSA) is 65.2 Å². The van der Waals surface area contributed by atoms with Gasteiger partial charge in [-0.15, -0.1) is 5.10 Å². The van der Waals surface area contributed by atoms with E-state index < -0.39 is 0 Å². The van der Waals surface area contributed by atoms with Gasteiger partial charge in [-0.2, -0.15) is 0 Å². The molecule has 1 aliphatic rings. The standard InChI is InChI=1S/C27H17N5O/c1-2-7-18(8-3-1)22-23-20-9-5-4-6-17(20)10-11-21(23)33-27-24(22)26-30-25(31-32(26)16-29-27)19-12-14-28-15-13-19/h1-16,22H/t22-/m1/s1. The van der Waals surface area contributed by atoms with Crippen LogP contribution >= 0.6 is 0 Å². The average Bonchev–Trinajstić information content (AvgIpc) is 3.33. The summed E-state index contributed by atoms with van der Waals surface area (Å²) in [5.41, 5.74) is 4.83. The second kappa shape index (κ2) is 6.97. The van der Waals surface area contributed by atoms with Crippen molar-refractivity contribution in [3.63, 3.8) is 0 Å². The quantitative estimate of drug-likeness (QED) is 0.358. The number of rotatable bonds is 2. The number of benzene rings is 3. The highest BCUT2D eigenvalue weighted by atomic mass is 16.5. The molecule has 33 heavy (non-hydrogen) atoms. The van der Waals surface area contributed by atoms with E-state index in [2.05, 4.69) is 64.6 Å². The van der Waals surface area contributed by atoms with E-state index in [1.807, 2.05) is 24.3 Å². The molecular weight excluding hydrogens is 410 g/mol. The highest BCUT2D eigenvalue weighted by Gasteiger charge is 2.34. The Morgan fingerprint density at radius 3 is 2.48 bits per heavy atom. The van der Waals surface area contributed by atoms with Crippen LogP contribution < -0.4 is 4.74 Å². The largest absolute Gasteiger partial charge is 0.438 e. The maximum Gasteiger partial charge on any atom is 0.228 e. The van der Waals surface area contributed by atoms with Crippen molar-refractivity contribution >= 4 is 16.4 Å². The first-order valence-electron chi connectivity index (χ1n) is 10.8. The van der Waals surface area contributed by atoms with Crippen LogP contribution in [-0.4, -0.2) is 24.6 Å². The number of ether oxygens (including phenoxy) is 1. The number of fused-ring (bicyclic) bond motifs is 6. The summed E-state index contributed by atoms with van der Waals surface area (Å²) in [7, 11) is 0. The van der Waals surface area contributed by atoms with Crippen LogP contribution in [-0.2, 0) is 0 Å². The molecule has 0 radical (unpaired) electrons. The molecule has 0 bridgehead atoms. The fraction of sp³-hybridized carbons (Fsp3) is 0.0370. The molecule has 3 aromatic heterocycles. The van der Waals surface area contributed by atoms with Gasteiger partial charge in [0, 0.05) is 29.4 Å². The van der Waals surface area contributed by atoms with Gasteiger partial charge in [0.05, 0.1) is 5.56 Å². The first kappa shape index (κ1) is 18.0. The Morgan fingerprint density at radius 2 is 1.61 bits per heavy atom. The minimum absolute atomic E-state index is 0.0956. The fourth-order valence-electron chi connectivity index (χ4n) is 4.71. The second-order valence-corrected chi connectivity index (χ2v) is 8.05. The van der Waals surface area contributed by atoms with Gasteiger partial charge in [0.2, 0.25) is 5.88 Å². The zero-order valence-electron chi connectivity index (χ0n) is 17.5. The Balaban J connectivity index is 1.55. The SMILES string of the molecule is c1ccc([C@@H]2c3c(ccc4ccccc34)Oc3ncn4nc(-c5ccncc5)nc4c32)cc1. The van der Waals surface area contributed by atoms with Crippen LogP contribution in [0.2, 0.25) is 0 Å². The summed E-state index contributed by atoms with van der Waals surface area (Å²) in [6.45, 7) is 0. The van der Waals surface area contributed by atoms with Gasteiger partial charge in [-0.25, -0.2) is 14.5 Å². The van der Waals surface area contributed by atoms with Gasteiger partial charge in [0.25, 0.3) is 0 Å². The van der Waals surface area contributed by atoms with E-state index in [-0.39, 0.29) is 5.92 Å². The lowest BCUT2D eigenvalue weighted by Gasteiger charge is -2.29. The number of hydrogen-bond donors (Lipinski definition) is 0. The zero-order valence-corrected chi connectivity index (χ0v) is 17.5. The summed E-state index contributed by atoms with van der Waals surface area (Å²) in [5, 5.41) is 7.02. The van der Waals surface area contributed by atoms with E-state index in [4.69, 9.17) is 14.8 Å². The smallest absolute Gasteiger partial charge is 0.228 e. The van der Waals surface area contributed by atoms with E-state index in [1.54, 1.807) is 23.2 Å². The Hall–Kier alpha value is -4.58. The molecule has 3 aromatic carbocycles. The van der Waals surface area contributed by atoms with Crippen LogP contribution in [0.25, 0.3) is 27.8 Å². The third-order valence-corrected chi connectivity index (χ3v) is 6.17. The monoisotopic (exact) mass is 427 g/mol. The van der Waals surface area contributed by atoms with E-state index in [0.717, 1.165) is 39.0 Å². The normalized spacial score (nSPS) is 14.6. The molecule has 6 nitrogen and oxygen atoms in total. The molecule has 0 fully saturated rings. The summed E-state index contributed by atoms with van der Waals surface area (Å²) < 4.78 is 8.10. The first-order chi connectivity index (χ1) is 16.4. The van der Waals surface area contributed by atoms with Crippen molar-refractivity contribution in [3.8, 4) is 23.0 Å². The molecule has 0 N–H and O–H groups in total. The van der Waals surface area contributed by atoms with Crippen molar-refractivity contribution in [3.05, 3.63) is 114 Å². The van der Waals surface area contributed by atoms with Gasteiger partial charge in [-0.1, -0.05) is 60.7 Å². The molecule has 4 heterocycles. The molecule has 6 heteroatoms. The molecule has 0 saturated carbocycles. The molecule has 156 valence electrons. The molecule has 1 atom stereocenters. The number of hydrogen-bond acceptors (Lipinski definition) is 5. The third kappa shape index (κ3) is 2.74. The van der Waals surface area contributed by atoms with Gasteiger partial charge in [0.1, 0.15) is 12.1 Å². The molecule has 0 amide bonds. The van der Waals surface area contributed by atoms with Crippen molar-refractivity contribution in [2.24, 2.45) is 0 Å². The molecular formula is C27H17N5O. The average molecular weight is 427 g/mol. The van der Waals surface area contributed by atoms with Gasteiger partial charge < -0.3 is 4.74 Å². The van der Waals surface area contributed by atoms with Crippen molar-refractivity contribution in [1.29, 1.82) is 0 Å². The molecule has 6 aromatic rings. The fourth-order valence-corrected chi connectivity index (χ4v) is 4.71. The van der Waals surface area contributed by atoms with Gasteiger partial charge in [0.15, 0.2) is 11.5 Å². The Labute approximate surface area is 189 Å². The summed E-state index contributed by atoms with van der Waals surface area (Å²) in [6, 6.07) is 26.8. The highest BCUT2D eigenvalue weighted by molar-refractivity contribution is 5.90. The van der Waals surface area contributed by atoms with Crippen LogP contribution in [0, 0.1) is 0 Å². The first-order valence-corrected chi connectivity index (χ1v) is 10.8. The number of pyridine rings is 1. The summed E-state index contributed by atoms with van der Waals surface area (Å²) >= 11 is 0. The predicted octanol–water partition coefficient (Wildman–Crippen LogP) is 5.63. The summed E-state index contributed by atoms with van der Waals surface area (Å²) in [6.07, 6.45) is 5.15. The lowest BCUT2D eigenvalue weighted by molar-refractivity contribution is 0.433. The molecule has 1 aliphatic heterocycles. The van der Waals surface area contributed by atoms with Crippen LogP contribution in [0.1, 0.15) is 22.6 Å². The maximum absolute atomic E-state index is 6.36. The number of aromatic nitrogens is 5. The van der Waals surface area contributed by atoms with Gasteiger partial charge in [-0.05, 0) is 34.5 Å². The molecule has 0 saturated heterocycles. The van der Waals surface area contributed by atoms with Crippen LogP contribution in [0.15, 0.2) is 97.6 Å². The minimum Gasteiger partial charge on any atom is -0.438 e. The third-order valence-electron chi connectivity index (χ3n) is 6.17. The van der Waals surface area contributed by atoms with Crippen molar-refractivity contribution in [1.82, 2.24) is 24.6 Å². The van der Waals surface area contributed by atoms with Gasteiger partial charge in [-0.3, -0.25) is 4.98 Å². The predicted molar refractivity (Wildman–Crippen MR) is 125 cm³/mol. The summed E-state index contributed by atoms with van der Waals surface area (Å²) in [4.78, 5) is 13.7. The Morgan fingerprint density at radius 1 is 0.788 bits per heavy atom. The maximum atomic E-state index is 6.36. The molecule has 7 rings (SSSR count). The van der Waals surface area contributed by atoms with E-state index in [1.165, 1.54) is 5.39 Å². The van der Waals surface area contributed by atoms with E-state index in [0.29, 0.717) is 11.7 Å². The van der Waals surface area contributed by atoms with Gasteiger partial charge >= 0.3 is 0 Å². The van der Waals surface area contributed by atoms with Crippen LogP contribution in [0.3, 0.4) is 0 Å². The summed E-state index contributed by atoms with van der Waals surface area (Å²) in [5.74, 6) is 1.92. The lowest BCUT2D eigenvalue weighted by Crippen LogP contribution is -2.15. The highest BCUT2D eigenvalue weighted by Crippen LogP contribution is 2.50. The van der Waals surface area contributed by atoms with Crippen LogP contribution in [0.4, 0.5) is 0 Å². The Kier molecular flexibility index (Phi) is 3.81.